The van der Waals surface area contributed by atoms with Gasteiger partial charge in [-0.1, -0.05) is 18.2 Å². The van der Waals surface area contributed by atoms with Crippen molar-refractivity contribution < 1.29 is 12.8 Å². The standard InChI is InChI=1S/C20H19FN4O4S/c21-15-6-8-16(9-7-15)25-20(27)19(26)18(14-22-25)23-10-12-24(13-11-23)30(28,29)17-4-2-1-3-5-17/h1-9,14,22H,10-13H2. The Labute approximate surface area is 171 Å². The van der Waals surface area contributed by atoms with Gasteiger partial charge >= 0.3 is 5.56 Å². The molecule has 1 fully saturated rings. The minimum absolute atomic E-state index is 0.176. The second-order valence-corrected chi connectivity index (χ2v) is 8.75. The van der Waals surface area contributed by atoms with Crippen molar-refractivity contribution in [1.29, 1.82) is 0 Å². The number of sulfonamides is 1. The monoisotopic (exact) mass is 430 g/mol. The summed E-state index contributed by atoms with van der Waals surface area (Å²) in [4.78, 5) is 27.1. The number of hydrogen-bond acceptors (Lipinski definition) is 5. The van der Waals surface area contributed by atoms with E-state index in [1.54, 1.807) is 35.2 Å². The molecule has 2 heterocycles. The van der Waals surface area contributed by atoms with Gasteiger partial charge in [0.15, 0.2) is 0 Å². The van der Waals surface area contributed by atoms with Crippen LogP contribution in [0, 0.1) is 5.82 Å². The molecule has 0 radical (unpaired) electrons. The molecule has 0 bridgehead atoms. The number of benzene rings is 2. The Morgan fingerprint density at radius 3 is 2.13 bits per heavy atom. The Morgan fingerprint density at radius 2 is 1.50 bits per heavy atom. The molecule has 0 atom stereocenters. The molecular weight excluding hydrogens is 411 g/mol. The third-order valence-electron chi connectivity index (χ3n) is 5.01. The first-order chi connectivity index (χ1) is 14.4. The largest absolute Gasteiger partial charge is 0.364 e. The van der Waals surface area contributed by atoms with Gasteiger partial charge in [0.05, 0.1) is 10.6 Å². The van der Waals surface area contributed by atoms with Crippen molar-refractivity contribution in [2.24, 2.45) is 0 Å². The maximum atomic E-state index is 13.1. The number of anilines is 1. The fourth-order valence-electron chi connectivity index (χ4n) is 3.39. The van der Waals surface area contributed by atoms with E-state index in [0.717, 1.165) is 4.68 Å². The van der Waals surface area contributed by atoms with Gasteiger partial charge in [-0.15, -0.1) is 0 Å². The minimum Gasteiger partial charge on any atom is -0.364 e. The summed E-state index contributed by atoms with van der Waals surface area (Å²) in [5.41, 5.74) is -0.991. The smallest absolute Gasteiger partial charge is 0.319 e. The molecule has 1 aliphatic rings. The third-order valence-corrected chi connectivity index (χ3v) is 6.92. The number of nitrogens with one attached hydrogen (secondary N) is 1. The number of halogens is 1. The van der Waals surface area contributed by atoms with Crippen LogP contribution in [-0.4, -0.2) is 48.7 Å². The SMILES string of the molecule is O=c1c(N2CCN(S(=O)(=O)c3ccccc3)CC2)c[nH]n(-c2ccc(F)cc2)c1=O. The molecule has 0 aliphatic carbocycles. The quantitative estimate of drug-likeness (QED) is 0.627. The molecule has 1 aliphatic heterocycles. The van der Waals surface area contributed by atoms with Gasteiger partial charge in [-0.2, -0.15) is 4.31 Å². The summed E-state index contributed by atoms with van der Waals surface area (Å²) in [6, 6.07) is 13.3. The lowest BCUT2D eigenvalue weighted by Crippen LogP contribution is -2.51. The predicted molar refractivity (Wildman–Crippen MR) is 110 cm³/mol. The van der Waals surface area contributed by atoms with Gasteiger partial charge in [0.1, 0.15) is 11.5 Å². The minimum atomic E-state index is -3.61. The van der Waals surface area contributed by atoms with Gasteiger partial charge in [-0.25, -0.2) is 17.5 Å². The molecule has 3 aromatic rings. The molecule has 0 saturated carbocycles. The van der Waals surface area contributed by atoms with Crippen LogP contribution in [0.15, 0.2) is 75.3 Å². The van der Waals surface area contributed by atoms with Crippen molar-refractivity contribution in [3.63, 3.8) is 0 Å². The van der Waals surface area contributed by atoms with Gasteiger partial charge in [0, 0.05) is 32.4 Å². The Balaban J connectivity index is 1.54. The molecule has 8 nitrogen and oxygen atoms in total. The average Bonchev–Trinajstić information content (AvgIpc) is 2.77. The molecular formula is C20H19FN4O4S. The van der Waals surface area contributed by atoms with Crippen molar-refractivity contribution in [3.8, 4) is 5.69 Å². The molecule has 0 amide bonds. The maximum absolute atomic E-state index is 13.1. The highest BCUT2D eigenvalue weighted by Crippen LogP contribution is 2.19. The van der Waals surface area contributed by atoms with E-state index in [9.17, 15) is 22.4 Å². The molecule has 0 unspecified atom stereocenters. The number of nitrogens with zero attached hydrogens (tertiary/aromatic N) is 3. The van der Waals surface area contributed by atoms with Crippen LogP contribution < -0.4 is 15.9 Å². The fourth-order valence-corrected chi connectivity index (χ4v) is 4.83. The van der Waals surface area contributed by atoms with E-state index < -0.39 is 26.8 Å². The van der Waals surface area contributed by atoms with E-state index in [4.69, 9.17) is 0 Å². The van der Waals surface area contributed by atoms with Gasteiger partial charge in [-0.05, 0) is 36.4 Å². The van der Waals surface area contributed by atoms with Crippen molar-refractivity contribution in [1.82, 2.24) is 14.1 Å². The first-order valence-corrected chi connectivity index (χ1v) is 10.7. The van der Waals surface area contributed by atoms with Gasteiger partial charge in [0.2, 0.25) is 10.0 Å². The van der Waals surface area contributed by atoms with E-state index in [-0.39, 0.29) is 36.8 Å². The van der Waals surface area contributed by atoms with Crippen LogP contribution in [0.5, 0.6) is 0 Å². The van der Waals surface area contributed by atoms with Crippen LogP contribution in [0.1, 0.15) is 0 Å². The molecule has 4 rings (SSSR count). The normalized spacial score (nSPS) is 15.3. The van der Waals surface area contributed by atoms with Crippen LogP contribution in [0.25, 0.3) is 5.69 Å². The summed E-state index contributed by atoms with van der Waals surface area (Å²) in [6.07, 6.45) is 1.41. The highest BCUT2D eigenvalue weighted by molar-refractivity contribution is 7.89. The lowest BCUT2D eigenvalue weighted by Gasteiger charge is -2.34. The maximum Gasteiger partial charge on any atom is 0.319 e. The third kappa shape index (κ3) is 3.66. The van der Waals surface area contributed by atoms with E-state index >= 15 is 0 Å². The summed E-state index contributed by atoms with van der Waals surface area (Å²) >= 11 is 0. The Hall–Kier alpha value is -3.24. The summed E-state index contributed by atoms with van der Waals surface area (Å²) in [5.74, 6) is -0.450. The molecule has 0 spiro atoms. The van der Waals surface area contributed by atoms with Crippen molar-refractivity contribution in [2.45, 2.75) is 4.90 Å². The van der Waals surface area contributed by atoms with E-state index in [1.807, 2.05) is 0 Å². The Bertz CT molecular complexity index is 1260. The first-order valence-electron chi connectivity index (χ1n) is 9.29. The molecule has 1 aromatic heterocycles. The molecule has 30 heavy (non-hydrogen) atoms. The average molecular weight is 430 g/mol. The summed E-state index contributed by atoms with van der Waals surface area (Å²) in [5, 5.41) is 2.75. The van der Waals surface area contributed by atoms with Crippen molar-refractivity contribution >= 4 is 15.7 Å². The number of H-pyrrole nitrogens is 1. The summed E-state index contributed by atoms with van der Waals surface area (Å²) < 4.78 is 41.0. The zero-order chi connectivity index (χ0) is 21.3. The molecule has 2 aromatic carbocycles. The highest BCUT2D eigenvalue weighted by Gasteiger charge is 2.29. The fraction of sp³-hybridized carbons (Fsp3) is 0.200. The van der Waals surface area contributed by atoms with Crippen LogP contribution in [0.4, 0.5) is 10.1 Å². The second-order valence-electron chi connectivity index (χ2n) is 6.81. The van der Waals surface area contributed by atoms with Crippen LogP contribution in [0.3, 0.4) is 0 Å². The summed E-state index contributed by atoms with van der Waals surface area (Å²) in [7, 11) is -3.61. The van der Waals surface area contributed by atoms with E-state index in [1.165, 1.54) is 34.8 Å². The second kappa shape index (κ2) is 7.88. The van der Waals surface area contributed by atoms with Gasteiger partial charge in [0.25, 0.3) is 5.43 Å². The van der Waals surface area contributed by atoms with Crippen LogP contribution in [0.2, 0.25) is 0 Å². The van der Waals surface area contributed by atoms with Crippen molar-refractivity contribution in [2.75, 3.05) is 31.1 Å². The Morgan fingerprint density at radius 1 is 0.867 bits per heavy atom. The predicted octanol–water partition coefficient (Wildman–Crippen LogP) is 1.18. The highest BCUT2D eigenvalue weighted by atomic mass is 32.2. The zero-order valence-corrected chi connectivity index (χ0v) is 16.7. The van der Waals surface area contributed by atoms with Crippen LogP contribution in [-0.2, 0) is 10.0 Å². The first kappa shape index (κ1) is 20.0. The van der Waals surface area contributed by atoms with Crippen LogP contribution >= 0.6 is 0 Å². The topological polar surface area (TPSA) is 95.5 Å². The Kier molecular flexibility index (Phi) is 5.27. The molecule has 1 saturated heterocycles. The van der Waals surface area contributed by atoms with Gasteiger partial charge < -0.3 is 4.90 Å². The lowest BCUT2D eigenvalue weighted by atomic mass is 10.3. The number of aromatic nitrogens is 2. The summed E-state index contributed by atoms with van der Waals surface area (Å²) in [6.45, 7) is 0.930. The number of hydrogen-bond donors (Lipinski definition) is 1. The molecule has 10 heteroatoms. The van der Waals surface area contributed by atoms with Gasteiger partial charge in [-0.3, -0.25) is 14.7 Å². The van der Waals surface area contributed by atoms with Crippen molar-refractivity contribution in [3.05, 3.63) is 87.2 Å². The van der Waals surface area contributed by atoms with E-state index in [2.05, 4.69) is 5.10 Å². The molecule has 1 N–H and O–H groups in total. The number of rotatable bonds is 4. The number of piperazine rings is 1. The molecule has 156 valence electrons. The zero-order valence-electron chi connectivity index (χ0n) is 15.9. The van der Waals surface area contributed by atoms with E-state index in [0.29, 0.717) is 5.69 Å². The lowest BCUT2D eigenvalue weighted by molar-refractivity contribution is 0.384. The number of aromatic amines is 1.